The quantitative estimate of drug-likeness (QED) is 0.815. The maximum absolute atomic E-state index is 13.5. The van der Waals surface area contributed by atoms with Gasteiger partial charge in [0.15, 0.2) is 6.10 Å². The zero-order valence-corrected chi connectivity index (χ0v) is 13.7. The van der Waals surface area contributed by atoms with Crippen LogP contribution in [0.3, 0.4) is 0 Å². The molecule has 0 bridgehead atoms. The Morgan fingerprint density at radius 3 is 2.64 bits per heavy atom. The second kappa shape index (κ2) is 7.07. The Balaban J connectivity index is 2.05. The van der Waals surface area contributed by atoms with Gasteiger partial charge in [0.05, 0.1) is 10.2 Å². The van der Waals surface area contributed by atoms with Crippen molar-refractivity contribution in [3.05, 3.63) is 57.5 Å². The summed E-state index contributed by atoms with van der Waals surface area (Å²) in [5.41, 5.74) is -0.114. The summed E-state index contributed by atoms with van der Waals surface area (Å²) >= 11 is 9.08. The van der Waals surface area contributed by atoms with E-state index in [1.165, 1.54) is 6.92 Å². The van der Waals surface area contributed by atoms with E-state index < -0.39 is 23.6 Å². The molecule has 0 spiro atoms. The lowest BCUT2D eigenvalue weighted by molar-refractivity contribution is -0.122. The molecule has 1 N–H and O–H groups in total. The first-order chi connectivity index (χ1) is 10.4. The Labute approximate surface area is 139 Å². The van der Waals surface area contributed by atoms with Gasteiger partial charge in [0.1, 0.15) is 17.4 Å². The first-order valence-electron chi connectivity index (χ1n) is 6.24. The summed E-state index contributed by atoms with van der Waals surface area (Å²) in [7, 11) is 0. The molecule has 0 saturated carbocycles. The molecular formula is C15H11BrClF2NO2. The van der Waals surface area contributed by atoms with Crippen LogP contribution in [0, 0.1) is 11.6 Å². The van der Waals surface area contributed by atoms with Gasteiger partial charge >= 0.3 is 0 Å². The average molecular weight is 391 g/mol. The van der Waals surface area contributed by atoms with Gasteiger partial charge in [-0.1, -0.05) is 11.6 Å². The summed E-state index contributed by atoms with van der Waals surface area (Å²) < 4.78 is 32.4. The van der Waals surface area contributed by atoms with Crippen LogP contribution in [0.1, 0.15) is 6.92 Å². The molecule has 0 radical (unpaired) electrons. The molecule has 7 heteroatoms. The second-order valence-electron chi connectivity index (χ2n) is 4.45. The smallest absolute Gasteiger partial charge is 0.265 e. The number of carbonyl (C=O) groups excluding carboxylic acids is 1. The van der Waals surface area contributed by atoms with Gasteiger partial charge < -0.3 is 10.1 Å². The van der Waals surface area contributed by atoms with E-state index in [9.17, 15) is 13.6 Å². The zero-order chi connectivity index (χ0) is 16.3. The van der Waals surface area contributed by atoms with Gasteiger partial charge in [-0.2, -0.15) is 0 Å². The van der Waals surface area contributed by atoms with E-state index in [1.807, 2.05) is 0 Å². The van der Waals surface area contributed by atoms with E-state index in [4.69, 9.17) is 16.3 Å². The van der Waals surface area contributed by atoms with Crippen LogP contribution in [0.4, 0.5) is 14.5 Å². The molecule has 0 heterocycles. The van der Waals surface area contributed by atoms with E-state index in [2.05, 4.69) is 21.2 Å². The SMILES string of the molecule is CC(Oc1ccc(Cl)cc1Br)C(=O)Nc1ccc(F)cc1F. The molecule has 1 amide bonds. The van der Waals surface area contributed by atoms with Crippen LogP contribution in [0.15, 0.2) is 40.9 Å². The number of ether oxygens (including phenoxy) is 1. The number of halogens is 4. The van der Waals surface area contributed by atoms with Gasteiger partial charge in [-0.05, 0) is 53.2 Å². The van der Waals surface area contributed by atoms with Crippen LogP contribution >= 0.6 is 27.5 Å². The predicted molar refractivity (Wildman–Crippen MR) is 84.2 cm³/mol. The summed E-state index contributed by atoms with van der Waals surface area (Å²) in [6.45, 7) is 1.51. The predicted octanol–water partition coefficient (Wildman–Crippen LogP) is 4.79. The van der Waals surface area contributed by atoms with Crippen LogP contribution in [0.5, 0.6) is 5.75 Å². The van der Waals surface area contributed by atoms with Gasteiger partial charge in [-0.3, -0.25) is 4.79 Å². The van der Waals surface area contributed by atoms with Crippen molar-refractivity contribution in [3.63, 3.8) is 0 Å². The van der Waals surface area contributed by atoms with Gasteiger partial charge in [0.2, 0.25) is 0 Å². The average Bonchev–Trinajstić information content (AvgIpc) is 2.44. The standard InChI is InChI=1S/C15H11BrClF2NO2/c1-8(22-14-5-2-9(17)6-11(14)16)15(21)20-13-4-3-10(18)7-12(13)19/h2-8H,1H3,(H,20,21). The third-order valence-corrected chi connectivity index (χ3v) is 3.61. The molecule has 116 valence electrons. The Kier molecular flexibility index (Phi) is 5.37. The van der Waals surface area contributed by atoms with Gasteiger partial charge in [-0.15, -0.1) is 0 Å². The lowest BCUT2D eigenvalue weighted by Crippen LogP contribution is -2.30. The van der Waals surface area contributed by atoms with Crippen molar-refractivity contribution in [1.82, 2.24) is 0 Å². The molecule has 2 aromatic carbocycles. The molecule has 0 aromatic heterocycles. The summed E-state index contributed by atoms with van der Waals surface area (Å²) in [5.74, 6) is -1.71. The summed E-state index contributed by atoms with van der Waals surface area (Å²) in [5, 5.41) is 2.86. The van der Waals surface area contributed by atoms with Crippen LogP contribution in [-0.4, -0.2) is 12.0 Å². The minimum absolute atomic E-state index is 0.114. The number of anilines is 1. The number of amides is 1. The van der Waals surface area contributed by atoms with Gasteiger partial charge in [-0.25, -0.2) is 8.78 Å². The van der Waals surface area contributed by atoms with Crippen LogP contribution in [-0.2, 0) is 4.79 Å². The number of hydrogen-bond acceptors (Lipinski definition) is 2. The summed E-state index contributed by atoms with van der Waals surface area (Å²) in [6, 6.07) is 7.74. The largest absolute Gasteiger partial charge is 0.480 e. The fourth-order valence-corrected chi connectivity index (χ4v) is 2.42. The highest BCUT2D eigenvalue weighted by molar-refractivity contribution is 9.10. The third kappa shape index (κ3) is 4.18. The number of hydrogen-bond donors (Lipinski definition) is 1. The molecular weight excluding hydrogens is 380 g/mol. The number of benzene rings is 2. The Morgan fingerprint density at radius 2 is 2.00 bits per heavy atom. The third-order valence-electron chi connectivity index (χ3n) is 2.76. The Hall–Kier alpha value is -1.66. The van der Waals surface area contributed by atoms with E-state index >= 15 is 0 Å². The van der Waals surface area contributed by atoms with Crippen molar-refractivity contribution in [2.75, 3.05) is 5.32 Å². The van der Waals surface area contributed by atoms with Crippen molar-refractivity contribution in [2.24, 2.45) is 0 Å². The van der Waals surface area contributed by atoms with E-state index in [0.29, 0.717) is 21.3 Å². The monoisotopic (exact) mass is 389 g/mol. The van der Waals surface area contributed by atoms with Crippen molar-refractivity contribution in [2.45, 2.75) is 13.0 Å². The molecule has 0 fully saturated rings. The van der Waals surface area contributed by atoms with E-state index in [-0.39, 0.29) is 5.69 Å². The fourth-order valence-electron chi connectivity index (χ4n) is 1.64. The fraction of sp³-hybridized carbons (Fsp3) is 0.133. The maximum Gasteiger partial charge on any atom is 0.265 e. The van der Waals surface area contributed by atoms with Crippen LogP contribution in [0.25, 0.3) is 0 Å². The molecule has 0 saturated heterocycles. The molecule has 2 rings (SSSR count). The van der Waals surface area contributed by atoms with E-state index in [1.54, 1.807) is 18.2 Å². The van der Waals surface area contributed by atoms with Crippen molar-refractivity contribution in [3.8, 4) is 5.75 Å². The van der Waals surface area contributed by atoms with Gasteiger partial charge in [0.25, 0.3) is 5.91 Å². The minimum atomic E-state index is -0.887. The Bertz CT molecular complexity index is 712. The van der Waals surface area contributed by atoms with Crippen LogP contribution < -0.4 is 10.1 Å². The first kappa shape index (κ1) is 16.7. The van der Waals surface area contributed by atoms with Crippen molar-refractivity contribution < 1.29 is 18.3 Å². The topological polar surface area (TPSA) is 38.3 Å². The van der Waals surface area contributed by atoms with Gasteiger partial charge in [0, 0.05) is 11.1 Å². The lowest BCUT2D eigenvalue weighted by Gasteiger charge is -2.16. The number of nitrogens with one attached hydrogen (secondary N) is 1. The van der Waals surface area contributed by atoms with Crippen molar-refractivity contribution >= 4 is 39.1 Å². The molecule has 0 aliphatic rings. The number of carbonyl (C=O) groups is 1. The summed E-state index contributed by atoms with van der Waals surface area (Å²) in [6.07, 6.45) is -0.887. The molecule has 1 unspecified atom stereocenters. The molecule has 3 nitrogen and oxygen atoms in total. The highest BCUT2D eigenvalue weighted by Crippen LogP contribution is 2.29. The molecule has 1 atom stereocenters. The highest BCUT2D eigenvalue weighted by atomic mass is 79.9. The number of rotatable bonds is 4. The normalized spacial score (nSPS) is 11.9. The minimum Gasteiger partial charge on any atom is -0.480 e. The van der Waals surface area contributed by atoms with Crippen molar-refractivity contribution in [1.29, 1.82) is 0 Å². The molecule has 2 aromatic rings. The summed E-state index contributed by atoms with van der Waals surface area (Å²) in [4.78, 5) is 12.0. The first-order valence-corrected chi connectivity index (χ1v) is 7.41. The molecule has 0 aliphatic carbocycles. The Morgan fingerprint density at radius 1 is 1.27 bits per heavy atom. The zero-order valence-electron chi connectivity index (χ0n) is 11.4. The van der Waals surface area contributed by atoms with Crippen LogP contribution in [0.2, 0.25) is 5.02 Å². The van der Waals surface area contributed by atoms with E-state index in [0.717, 1.165) is 12.1 Å². The highest BCUT2D eigenvalue weighted by Gasteiger charge is 2.18. The lowest BCUT2D eigenvalue weighted by atomic mass is 10.2. The molecule has 0 aliphatic heterocycles. The molecule has 22 heavy (non-hydrogen) atoms. The second-order valence-corrected chi connectivity index (χ2v) is 5.74. The maximum atomic E-state index is 13.5.